The van der Waals surface area contributed by atoms with Gasteiger partial charge in [-0.3, -0.25) is 4.98 Å². The standard InChI is InChI=1S/C41H27N7/c1-5-14-28(15-6-1)36-43-37(29-16-7-2-8-17-29)46-40(45-36)33-23-13-22-32(24-33)34-25-35(27-42-26-34)41-47-38(30-18-9-3-10-19-30)44-39(48-41)31-20-11-4-12-21-31/h1-27H. The van der Waals surface area contributed by atoms with E-state index in [-0.39, 0.29) is 0 Å². The highest BCUT2D eigenvalue weighted by molar-refractivity contribution is 5.75. The molecule has 226 valence electrons. The second-order valence-electron chi connectivity index (χ2n) is 11.1. The van der Waals surface area contributed by atoms with Crippen LogP contribution >= 0.6 is 0 Å². The van der Waals surface area contributed by atoms with E-state index in [2.05, 4.69) is 23.2 Å². The van der Waals surface area contributed by atoms with Crippen molar-refractivity contribution in [1.29, 1.82) is 0 Å². The summed E-state index contributed by atoms with van der Waals surface area (Å²) in [5.41, 5.74) is 7.21. The van der Waals surface area contributed by atoms with Crippen molar-refractivity contribution < 1.29 is 0 Å². The average molecular weight is 618 g/mol. The number of nitrogens with zero attached hydrogens (tertiary/aromatic N) is 7. The zero-order valence-electron chi connectivity index (χ0n) is 25.7. The lowest BCUT2D eigenvalue weighted by molar-refractivity contribution is 1.07. The second kappa shape index (κ2) is 12.9. The summed E-state index contributed by atoms with van der Waals surface area (Å²) in [5, 5.41) is 0. The SMILES string of the molecule is c1ccc(-c2nc(-c3ccccc3)nc(-c3cccc(-c4cncc(-c5nc(-c6ccccc6)nc(-c6ccccc6)n5)c4)c3)n2)cc1. The summed E-state index contributed by atoms with van der Waals surface area (Å²) >= 11 is 0. The molecule has 0 amide bonds. The van der Waals surface area contributed by atoms with Gasteiger partial charge in [-0.05, 0) is 17.7 Å². The molecule has 0 aliphatic heterocycles. The maximum Gasteiger partial charge on any atom is 0.165 e. The van der Waals surface area contributed by atoms with Crippen LogP contribution in [-0.2, 0) is 0 Å². The van der Waals surface area contributed by atoms with Crippen LogP contribution in [-0.4, -0.2) is 34.9 Å². The maximum absolute atomic E-state index is 4.91. The van der Waals surface area contributed by atoms with Crippen LogP contribution in [0.3, 0.4) is 0 Å². The second-order valence-corrected chi connectivity index (χ2v) is 11.1. The largest absolute Gasteiger partial charge is 0.263 e. The van der Waals surface area contributed by atoms with Crippen molar-refractivity contribution in [3.63, 3.8) is 0 Å². The number of benzene rings is 5. The minimum atomic E-state index is 0.547. The minimum absolute atomic E-state index is 0.547. The van der Waals surface area contributed by atoms with Gasteiger partial charge in [0.1, 0.15) is 0 Å². The van der Waals surface area contributed by atoms with E-state index in [0.717, 1.165) is 44.5 Å². The van der Waals surface area contributed by atoms with Crippen LogP contribution in [0.15, 0.2) is 164 Å². The van der Waals surface area contributed by atoms with Gasteiger partial charge in [0.15, 0.2) is 34.9 Å². The zero-order valence-corrected chi connectivity index (χ0v) is 25.7. The van der Waals surface area contributed by atoms with Crippen LogP contribution < -0.4 is 0 Å². The van der Waals surface area contributed by atoms with Crippen molar-refractivity contribution in [3.05, 3.63) is 164 Å². The topological polar surface area (TPSA) is 90.2 Å². The number of pyridine rings is 1. The summed E-state index contributed by atoms with van der Waals surface area (Å²) in [6, 6.07) is 50.1. The first kappa shape index (κ1) is 28.7. The molecule has 0 aliphatic carbocycles. The van der Waals surface area contributed by atoms with Crippen LogP contribution in [0.25, 0.3) is 79.5 Å². The summed E-state index contributed by atoms with van der Waals surface area (Å²) < 4.78 is 0. The van der Waals surface area contributed by atoms with Gasteiger partial charge in [0.25, 0.3) is 0 Å². The van der Waals surface area contributed by atoms with E-state index in [4.69, 9.17) is 29.9 Å². The quantitative estimate of drug-likeness (QED) is 0.176. The molecule has 7 heteroatoms. The van der Waals surface area contributed by atoms with Gasteiger partial charge < -0.3 is 0 Å². The van der Waals surface area contributed by atoms with Gasteiger partial charge in [-0.2, -0.15) is 0 Å². The molecule has 0 N–H and O–H groups in total. The molecule has 0 fully saturated rings. The molecule has 0 radical (unpaired) electrons. The Kier molecular flexibility index (Phi) is 7.74. The highest BCUT2D eigenvalue weighted by Gasteiger charge is 2.15. The van der Waals surface area contributed by atoms with Crippen LogP contribution in [0, 0.1) is 0 Å². The Morgan fingerprint density at radius 2 is 0.521 bits per heavy atom. The van der Waals surface area contributed by atoms with E-state index in [0.29, 0.717) is 34.9 Å². The Bertz CT molecular complexity index is 2050. The maximum atomic E-state index is 4.91. The first-order chi connectivity index (χ1) is 23.8. The van der Waals surface area contributed by atoms with E-state index < -0.39 is 0 Å². The number of rotatable bonds is 7. The monoisotopic (exact) mass is 617 g/mol. The van der Waals surface area contributed by atoms with Crippen LogP contribution in [0.4, 0.5) is 0 Å². The fourth-order valence-corrected chi connectivity index (χ4v) is 5.43. The summed E-state index contributed by atoms with van der Waals surface area (Å²) in [7, 11) is 0. The van der Waals surface area contributed by atoms with Crippen molar-refractivity contribution in [2.45, 2.75) is 0 Å². The van der Waals surface area contributed by atoms with E-state index in [9.17, 15) is 0 Å². The number of aromatic nitrogens is 7. The summed E-state index contributed by atoms with van der Waals surface area (Å²) in [6.45, 7) is 0. The smallest absolute Gasteiger partial charge is 0.165 e. The van der Waals surface area contributed by atoms with Crippen molar-refractivity contribution in [1.82, 2.24) is 34.9 Å². The third kappa shape index (κ3) is 6.08. The molecule has 0 bridgehead atoms. The molecule has 0 saturated heterocycles. The fraction of sp³-hybridized carbons (Fsp3) is 0. The van der Waals surface area contributed by atoms with Crippen molar-refractivity contribution in [2.24, 2.45) is 0 Å². The first-order valence-corrected chi connectivity index (χ1v) is 15.6. The van der Waals surface area contributed by atoms with Gasteiger partial charge in [-0.25, -0.2) is 29.9 Å². The van der Waals surface area contributed by atoms with Crippen molar-refractivity contribution in [3.8, 4) is 79.5 Å². The van der Waals surface area contributed by atoms with E-state index in [1.54, 1.807) is 6.20 Å². The minimum Gasteiger partial charge on any atom is -0.263 e. The summed E-state index contributed by atoms with van der Waals surface area (Å²) in [4.78, 5) is 33.9. The lowest BCUT2D eigenvalue weighted by atomic mass is 10.0. The molecule has 8 aromatic rings. The first-order valence-electron chi connectivity index (χ1n) is 15.6. The molecule has 3 aromatic heterocycles. The van der Waals surface area contributed by atoms with Crippen LogP contribution in [0.1, 0.15) is 0 Å². The normalized spacial score (nSPS) is 10.9. The van der Waals surface area contributed by atoms with Gasteiger partial charge >= 0.3 is 0 Å². The molecule has 0 unspecified atom stereocenters. The zero-order chi connectivity index (χ0) is 32.1. The molecule has 0 spiro atoms. The predicted molar refractivity (Wildman–Crippen MR) is 189 cm³/mol. The van der Waals surface area contributed by atoms with E-state index in [1.807, 2.05) is 140 Å². The molecular formula is C41H27N7. The van der Waals surface area contributed by atoms with Crippen molar-refractivity contribution >= 4 is 0 Å². The van der Waals surface area contributed by atoms with E-state index >= 15 is 0 Å². The molecule has 0 saturated carbocycles. The van der Waals surface area contributed by atoms with Gasteiger partial charge in [-0.1, -0.05) is 140 Å². The molecule has 5 aromatic carbocycles. The van der Waals surface area contributed by atoms with Crippen LogP contribution in [0.5, 0.6) is 0 Å². The highest BCUT2D eigenvalue weighted by atomic mass is 15.0. The molecule has 7 nitrogen and oxygen atoms in total. The van der Waals surface area contributed by atoms with Gasteiger partial charge in [-0.15, -0.1) is 0 Å². The van der Waals surface area contributed by atoms with Gasteiger partial charge in [0.05, 0.1) is 0 Å². The molecule has 0 aliphatic rings. The molecule has 8 rings (SSSR count). The average Bonchev–Trinajstić information content (AvgIpc) is 3.19. The summed E-state index contributed by atoms with van der Waals surface area (Å²) in [6.07, 6.45) is 3.63. The number of hydrogen-bond acceptors (Lipinski definition) is 7. The molecule has 0 atom stereocenters. The predicted octanol–water partition coefficient (Wildman–Crippen LogP) is 9.12. The van der Waals surface area contributed by atoms with Gasteiger partial charge in [0, 0.05) is 51.3 Å². The van der Waals surface area contributed by atoms with Crippen LogP contribution in [0.2, 0.25) is 0 Å². The lowest BCUT2D eigenvalue weighted by Crippen LogP contribution is -2.01. The third-order valence-electron chi connectivity index (χ3n) is 7.85. The molecular weight excluding hydrogens is 591 g/mol. The third-order valence-corrected chi connectivity index (χ3v) is 7.85. The highest BCUT2D eigenvalue weighted by Crippen LogP contribution is 2.30. The van der Waals surface area contributed by atoms with E-state index in [1.165, 1.54) is 0 Å². The summed E-state index contributed by atoms with van der Waals surface area (Å²) in [5.74, 6) is 3.57. The number of hydrogen-bond donors (Lipinski definition) is 0. The fourth-order valence-electron chi connectivity index (χ4n) is 5.43. The lowest BCUT2D eigenvalue weighted by Gasteiger charge is -2.11. The Morgan fingerprint density at radius 1 is 0.229 bits per heavy atom. The molecule has 48 heavy (non-hydrogen) atoms. The Morgan fingerprint density at radius 3 is 0.938 bits per heavy atom. The van der Waals surface area contributed by atoms with Crippen molar-refractivity contribution in [2.75, 3.05) is 0 Å². The van der Waals surface area contributed by atoms with Gasteiger partial charge in [0.2, 0.25) is 0 Å². The Hall–Kier alpha value is -6.73. The Labute approximate surface area is 277 Å². The Balaban J connectivity index is 1.21. The molecule has 3 heterocycles.